The quantitative estimate of drug-likeness (QED) is 0.855. The van der Waals surface area contributed by atoms with Crippen LogP contribution in [0.15, 0.2) is 24.3 Å². The van der Waals surface area contributed by atoms with Crippen LogP contribution in [-0.2, 0) is 5.41 Å². The number of benzene rings is 1. The van der Waals surface area contributed by atoms with Crippen molar-refractivity contribution < 1.29 is 0 Å². The molecule has 0 atom stereocenters. The van der Waals surface area contributed by atoms with Crippen molar-refractivity contribution in [3.63, 3.8) is 0 Å². The fourth-order valence-electron chi connectivity index (χ4n) is 2.56. The highest BCUT2D eigenvalue weighted by atomic mass is 15.0. The fourth-order valence-corrected chi connectivity index (χ4v) is 2.56. The third-order valence-electron chi connectivity index (χ3n) is 3.70. The van der Waals surface area contributed by atoms with Crippen LogP contribution in [0.2, 0.25) is 0 Å². The summed E-state index contributed by atoms with van der Waals surface area (Å²) in [6, 6.07) is 10.3. The highest BCUT2D eigenvalue weighted by Crippen LogP contribution is 2.29. The molecule has 114 valence electrons. The molecular formula is C19H23N3. The van der Waals surface area contributed by atoms with E-state index in [0.717, 1.165) is 22.5 Å². The predicted octanol–water partition coefficient (Wildman–Crippen LogP) is 4.92. The lowest BCUT2D eigenvalue weighted by molar-refractivity contribution is 0.569. The molecule has 0 fully saturated rings. The van der Waals surface area contributed by atoms with Crippen molar-refractivity contribution in [1.82, 2.24) is 4.98 Å². The van der Waals surface area contributed by atoms with E-state index in [1.54, 1.807) is 0 Å². The Morgan fingerprint density at radius 1 is 1.05 bits per heavy atom. The third-order valence-corrected chi connectivity index (χ3v) is 3.70. The van der Waals surface area contributed by atoms with Crippen molar-refractivity contribution in [1.29, 1.82) is 5.26 Å². The zero-order valence-corrected chi connectivity index (χ0v) is 14.2. The first-order valence-corrected chi connectivity index (χ1v) is 7.49. The maximum atomic E-state index is 9.34. The summed E-state index contributed by atoms with van der Waals surface area (Å²) >= 11 is 0. The van der Waals surface area contributed by atoms with E-state index in [-0.39, 0.29) is 5.41 Å². The molecule has 3 heteroatoms. The van der Waals surface area contributed by atoms with Gasteiger partial charge < -0.3 is 5.32 Å². The Morgan fingerprint density at radius 3 is 2.14 bits per heavy atom. The molecule has 3 nitrogen and oxygen atoms in total. The number of aryl methyl sites for hydroxylation is 3. The summed E-state index contributed by atoms with van der Waals surface area (Å²) in [6.07, 6.45) is 0. The zero-order chi connectivity index (χ0) is 16.5. The molecule has 0 amide bonds. The molecule has 1 aromatic heterocycles. The van der Waals surface area contributed by atoms with Gasteiger partial charge in [0, 0.05) is 16.8 Å². The minimum Gasteiger partial charge on any atom is -0.339 e. The van der Waals surface area contributed by atoms with Gasteiger partial charge in [-0.15, -0.1) is 0 Å². The standard InChI is InChI=1S/C19H23N3/c1-12-9-13(2)17(14(3)10-12)22-18-15(11-20)7-8-16(21-18)19(4,5)6/h7-10H,1-6H3,(H,21,22). The molecule has 0 spiro atoms. The van der Waals surface area contributed by atoms with Gasteiger partial charge in [0.2, 0.25) is 0 Å². The van der Waals surface area contributed by atoms with Crippen LogP contribution in [0.5, 0.6) is 0 Å². The van der Waals surface area contributed by atoms with Crippen LogP contribution in [0.1, 0.15) is 48.7 Å². The molecule has 2 aromatic rings. The summed E-state index contributed by atoms with van der Waals surface area (Å²) < 4.78 is 0. The highest BCUT2D eigenvalue weighted by molar-refractivity contribution is 5.69. The van der Waals surface area contributed by atoms with Gasteiger partial charge in [-0.05, 0) is 44.0 Å². The summed E-state index contributed by atoms with van der Waals surface area (Å²) in [5, 5.41) is 12.7. The second-order valence-corrected chi connectivity index (χ2v) is 6.85. The largest absolute Gasteiger partial charge is 0.339 e. The first-order valence-electron chi connectivity index (χ1n) is 7.49. The first kappa shape index (κ1) is 16.0. The molecule has 2 rings (SSSR count). The zero-order valence-electron chi connectivity index (χ0n) is 14.2. The average Bonchev–Trinajstić information content (AvgIpc) is 2.41. The van der Waals surface area contributed by atoms with Gasteiger partial charge in [-0.25, -0.2) is 4.98 Å². The number of aromatic nitrogens is 1. The van der Waals surface area contributed by atoms with E-state index >= 15 is 0 Å². The summed E-state index contributed by atoms with van der Waals surface area (Å²) in [4.78, 5) is 4.68. The van der Waals surface area contributed by atoms with E-state index in [1.807, 2.05) is 12.1 Å². The smallest absolute Gasteiger partial charge is 0.148 e. The van der Waals surface area contributed by atoms with Crippen molar-refractivity contribution in [2.75, 3.05) is 5.32 Å². The van der Waals surface area contributed by atoms with Crippen molar-refractivity contribution >= 4 is 11.5 Å². The minimum atomic E-state index is -0.0538. The third kappa shape index (κ3) is 3.28. The molecule has 1 aromatic carbocycles. The van der Waals surface area contributed by atoms with E-state index < -0.39 is 0 Å². The number of nitrogens with zero attached hydrogens (tertiary/aromatic N) is 2. The Hall–Kier alpha value is -2.34. The molecule has 0 aliphatic rings. The Morgan fingerprint density at radius 2 is 1.64 bits per heavy atom. The van der Waals surface area contributed by atoms with Gasteiger partial charge in [0.1, 0.15) is 11.9 Å². The molecule has 0 aliphatic carbocycles. The number of nitriles is 1. The van der Waals surface area contributed by atoms with E-state index in [4.69, 9.17) is 0 Å². The van der Waals surface area contributed by atoms with Crippen LogP contribution in [0.3, 0.4) is 0 Å². The summed E-state index contributed by atoms with van der Waals surface area (Å²) in [5.41, 5.74) is 6.05. The van der Waals surface area contributed by atoms with Gasteiger partial charge in [0.25, 0.3) is 0 Å². The number of rotatable bonds is 2. The Bertz CT molecular complexity index is 723. The lowest BCUT2D eigenvalue weighted by Gasteiger charge is -2.20. The summed E-state index contributed by atoms with van der Waals surface area (Å²) in [5.74, 6) is 0.630. The summed E-state index contributed by atoms with van der Waals surface area (Å²) in [6.45, 7) is 12.6. The number of hydrogen-bond donors (Lipinski definition) is 1. The highest BCUT2D eigenvalue weighted by Gasteiger charge is 2.18. The van der Waals surface area contributed by atoms with Gasteiger partial charge in [-0.1, -0.05) is 38.5 Å². The van der Waals surface area contributed by atoms with Gasteiger partial charge in [-0.2, -0.15) is 5.26 Å². The van der Waals surface area contributed by atoms with E-state index in [2.05, 4.69) is 70.0 Å². The lowest BCUT2D eigenvalue weighted by atomic mass is 9.91. The molecule has 1 heterocycles. The molecule has 0 bridgehead atoms. The first-order chi connectivity index (χ1) is 10.2. The molecular weight excluding hydrogens is 270 g/mol. The van der Waals surface area contributed by atoms with Crippen LogP contribution in [0.25, 0.3) is 0 Å². The fraction of sp³-hybridized carbons (Fsp3) is 0.368. The van der Waals surface area contributed by atoms with Crippen LogP contribution in [0.4, 0.5) is 11.5 Å². The van der Waals surface area contributed by atoms with Crippen molar-refractivity contribution in [2.45, 2.75) is 47.0 Å². The lowest BCUT2D eigenvalue weighted by Crippen LogP contribution is -2.15. The average molecular weight is 293 g/mol. The minimum absolute atomic E-state index is 0.0538. The SMILES string of the molecule is Cc1cc(C)c(Nc2nc(C(C)(C)C)ccc2C#N)c(C)c1. The molecule has 0 aliphatic heterocycles. The molecule has 22 heavy (non-hydrogen) atoms. The van der Waals surface area contributed by atoms with E-state index in [0.29, 0.717) is 11.4 Å². The Balaban J connectivity index is 2.52. The number of anilines is 2. The Labute approximate surface area is 133 Å². The van der Waals surface area contributed by atoms with E-state index in [9.17, 15) is 5.26 Å². The normalized spacial score (nSPS) is 11.1. The van der Waals surface area contributed by atoms with Crippen molar-refractivity contribution in [3.05, 3.63) is 52.2 Å². The maximum absolute atomic E-state index is 9.34. The summed E-state index contributed by atoms with van der Waals surface area (Å²) in [7, 11) is 0. The number of nitrogens with one attached hydrogen (secondary N) is 1. The molecule has 1 N–H and O–H groups in total. The second-order valence-electron chi connectivity index (χ2n) is 6.85. The second kappa shape index (κ2) is 5.81. The van der Waals surface area contributed by atoms with E-state index in [1.165, 1.54) is 5.56 Å². The molecule has 0 radical (unpaired) electrons. The molecule has 0 saturated heterocycles. The van der Waals surface area contributed by atoms with Crippen LogP contribution >= 0.6 is 0 Å². The molecule has 0 saturated carbocycles. The van der Waals surface area contributed by atoms with Crippen LogP contribution in [-0.4, -0.2) is 4.98 Å². The maximum Gasteiger partial charge on any atom is 0.148 e. The van der Waals surface area contributed by atoms with Gasteiger partial charge in [0.15, 0.2) is 0 Å². The van der Waals surface area contributed by atoms with Gasteiger partial charge in [0.05, 0.1) is 5.56 Å². The monoisotopic (exact) mass is 293 g/mol. The van der Waals surface area contributed by atoms with Crippen LogP contribution in [0, 0.1) is 32.1 Å². The van der Waals surface area contributed by atoms with Gasteiger partial charge >= 0.3 is 0 Å². The van der Waals surface area contributed by atoms with Crippen molar-refractivity contribution in [2.24, 2.45) is 0 Å². The number of hydrogen-bond acceptors (Lipinski definition) is 3. The Kier molecular flexibility index (Phi) is 4.23. The van der Waals surface area contributed by atoms with Gasteiger partial charge in [-0.3, -0.25) is 0 Å². The topological polar surface area (TPSA) is 48.7 Å². The predicted molar refractivity (Wildman–Crippen MR) is 91.6 cm³/mol. The molecule has 0 unspecified atom stereocenters. The van der Waals surface area contributed by atoms with Crippen LogP contribution < -0.4 is 5.32 Å². The van der Waals surface area contributed by atoms with Crippen molar-refractivity contribution in [3.8, 4) is 6.07 Å². The number of pyridine rings is 1.